The van der Waals surface area contributed by atoms with Crippen molar-refractivity contribution in [3.8, 4) is 0 Å². The minimum Gasteiger partial charge on any atom is -0.380 e. The van der Waals surface area contributed by atoms with Gasteiger partial charge in [0.15, 0.2) is 5.17 Å². The maximum atomic E-state index is 5.90. The summed E-state index contributed by atoms with van der Waals surface area (Å²) in [6, 6.07) is 8.35. The number of amidine groups is 1. The molecular weight excluding hydrogens is 300 g/mol. The summed E-state index contributed by atoms with van der Waals surface area (Å²) in [6.07, 6.45) is 0.905. The van der Waals surface area contributed by atoms with E-state index in [4.69, 9.17) is 15.5 Å². The Morgan fingerprint density at radius 3 is 3.24 bits per heavy atom. The van der Waals surface area contributed by atoms with E-state index in [1.54, 1.807) is 11.8 Å². The summed E-state index contributed by atoms with van der Waals surface area (Å²) in [4.78, 5) is 4.71. The van der Waals surface area contributed by atoms with Crippen LogP contribution in [0.15, 0.2) is 33.7 Å². The van der Waals surface area contributed by atoms with Crippen LogP contribution >= 0.6 is 27.7 Å². The lowest BCUT2D eigenvalue weighted by Gasteiger charge is -2.36. The van der Waals surface area contributed by atoms with Gasteiger partial charge in [0.05, 0.1) is 11.9 Å². The SMILES string of the molecule is NC1=N[C@@]2(c3cccc(Br)c3)CCOC[C@H]2S1. The van der Waals surface area contributed by atoms with E-state index in [1.807, 2.05) is 6.07 Å². The van der Waals surface area contributed by atoms with Crippen molar-refractivity contribution in [2.45, 2.75) is 17.2 Å². The second-order valence-electron chi connectivity index (χ2n) is 4.32. The van der Waals surface area contributed by atoms with Gasteiger partial charge in [0.2, 0.25) is 0 Å². The van der Waals surface area contributed by atoms with Crippen molar-refractivity contribution in [2.75, 3.05) is 13.2 Å². The van der Waals surface area contributed by atoms with Crippen molar-refractivity contribution in [3.63, 3.8) is 0 Å². The standard InChI is InChI=1S/C12H13BrN2OS/c13-9-3-1-2-8(6-9)12-4-5-16-7-10(12)17-11(14)15-12/h1-3,6,10H,4-5,7H2,(H2,14,15)/t10-,12-/m1/s1. The van der Waals surface area contributed by atoms with Crippen LogP contribution in [0.1, 0.15) is 12.0 Å². The Labute approximate surface area is 113 Å². The highest BCUT2D eigenvalue weighted by Crippen LogP contribution is 2.47. The molecule has 2 aliphatic rings. The van der Waals surface area contributed by atoms with Crippen LogP contribution in [-0.2, 0) is 10.3 Å². The first-order valence-electron chi connectivity index (χ1n) is 5.56. The van der Waals surface area contributed by atoms with Crippen LogP contribution < -0.4 is 5.73 Å². The lowest BCUT2D eigenvalue weighted by molar-refractivity contribution is 0.0611. The Morgan fingerprint density at radius 1 is 1.53 bits per heavy atom. The first-order valence-corrected chi connectivity index (χ1v) is 7.24. The molecule has 2 heterocycles. The topological polar surface area (TPSA) is 47.6 Å². The Balaban J connectivity index is 2.08. The third-order valence-electron chi connectivity index (χ3n) is 3.33. The Bertz CT molecular complexity index is 479. The summed E-state index contributed by atoms with van der Waals surface area (Å²) in [5, 5.41) is 0.992. The van der Waals surface area contributed by atoms with Gasteiger partial charge in [0, 0.05) is 17.5 Å². The number of ether oxygens (including phenoxy) is 1. The van der Waals surface area contributed by atoms with Gasteiger partial charge in [0.25, 0.3) is 0 Å². The molecule has 0 saturated carbocycles. The number of nitrogens with two attached hydrogens (primary N) is 1. The molecule has 0 radical (unpaired) electrons. The number of hydrogen-bond donors (Lipinski definition) is 1. The van der Waals surface area contributed by atoms with Crippen molar-refractivity contribution in [1.29, 1.82) is 0 Å². The van der Waals surface area contributed by atoms with Crippen LogP contribution in [0.4, 0.5) is 0 Å². The highest BCUT2D eigenvalue weighted by molar-refractivity contribution is 9.10. The predicted molar refractivity (Wildman–Crippen MR) is 74.3 cm³/mol. The zero-order valence-electron chi connectivity index (χ0n) is 9.23. The summed E-state index contributed by atoms with van der Waals surface area (Å²) in [5.74, 6) is 0. The van der Waals surface area contributed by atoms with Crippen LogP contribution in [0.3, 0.4) is 0 Å². The first-order chi connectivity index (χ1) is 8.21. The molecular formula is C12H13BrN2OS. The normalized spacial score (nSPS) is 32.1. The smallest absolute Gasteiger partial charge is 0.155 e. The van der Waals surface area contributed by atoms with Crippen LogP contribution in [0.5, 0.6) is 0 Å². The molecule has 2 N–H and O–H groups in total. The van der Waals surface area contributed by atoms with Crippen molar-refractivity contribution < 1.29 is 4.74 Å². The fourth-order valence-corrected chi connectivity index (χ4v) is 4.07. The fraction of sp³-hybridized carbons (Fsp3) is 0.417. The van der Waals surface area contributed by atoms with Crippen LogP contribution in [-0.4, -0.2) is 23.6 Å². The number of benzene rings is 1. The summed E-state index contributed by atoms with van der Waals surface area (Å²) in [7, 11) is 0. The average molecular weight is 313 g/mol. The quantitative estimate of drug-likeness (QED) is 0.866. The zero-order valence-corrected chi connectivity index (χ0v) is 11.6. The number of thioether (sulfide) groups is 1. The number of rotatable bonds is 1. The predicted octanol–water partition coefficient (Wildman–Crippen LogP) is 2.49. The maximum absolute atomic E-state index is 5.90. The average Bonchev–Trinajstić information content (AvgIpc) is 2.66. The summed E-state index contributed by atoms with van der Waals surface area (Å²) in [5.41, 5.74) is 6.95. The molecule has 2 aliphatic heterocycles. The van der Waals surface area contributed by atoms with Gasteiger partial charge in [-0.2, -0.15) is 0 Å². The highest BCUT2D eigenvalue weighted by Gasteiger charge is 2.47. The van der Waals surface area contributed by atoms with Gasteiger partial charge in [0.1, 0.15) is 5.54 Å². The Morgan fingerprint density at radius 2 is 2.41 bits per heavy atom. The second kappa shape index (κ2) is 4.30. The molecule has 17 heavy (non-hydrogen) atoms. The molecule has 3 rings (SSSR count). The van der Waals surface area contributed by atoms with E-state index in [9.17, 15) is 0 Å². The molecule has 90 valence electrons. The molecule has 3 nitrogen and oxygen atoms in total. The van der Waals surface area contributed by atoms with Crippen molar-refractivity contribution in [1.82, 2.24) is 0 Å². The van der Waals surface area contributed by atoms with Gasteiger partial charge in [-0.05, 0) is 17.7 Å². The van der Waals surface area contributed by atoms with Gasteiger partial charge in [-0.25, -0.2) is 4.99 Å². The number of fused-ring (bicyclic) bond motifs is 1. The molecule has 5 heteroatoms. The van der Waals surface area contributed by atoms with E-state index in [-0.39, 0.29) is 5.54 Å². The molecule has 0 aliphatic carbocycles. The van der Waals surface area contributed by atoms with Gasteiger partial charge < -0.3 is 10.5 Å². The summed E-state index contributed by atoms with van der Waals surface area (Å²) in [6.45, 7) is 1.47. The Kier molecular flexibility index (Phi) is 2.92. The monoisotopic (exact) mass is 312 g/mol. The Hall–Kier alpha value is -0.520. The van der Waals surface area contributed by atoms with Gasteiger partial charge in [-0.3, -0.25) is 0 Å². The minimum atomic E-state index is -0.184. The van der Waals surface area contributed by atoms with Gasteiger partial charge in [-0.15, -0.1) is 0 Å². The van der Waals surface area contributed by atoms with Crippen LogP contribution in [0.25, 0.3) is 0 Å². The van der Waals surface area contributed by atoms with E-state index in [2.05, 4.69) is 34.1 Å². The molecule has 0 aromatic heterocycles. The largest absolute Gasteiger partial charge is 0.380 e. The highest BCUT2D eigenvalue weighted by atomic mass is 79.9. The molecule has 1 aromatic carbocycles. The van der Waals surface area contributed by atoms with E-state index < -0.39 is 0 Å². The summed E-state index contributed by atoms with van der Waals surface area (Å²) >= 11 is 5.16. The van der Waals surface area contributed by atoms with Crippen molar-refractivity contribution in [2.24, 2.45) is 10.7 Å². The zero-order chi connectivity index (χ0) is 11.9. The first kappa shape index (κ1) is 11.6. The number of aliphatic imine (C=N–C) groups is 1. The third-order valence-corrected chi connectivity index (χ3v) is 4.96. The molecule has 1 fully saturated rings. The van der Waals surface area contributed by atoms with Crippen LogP contribution in [0.2, 0.25) is 0 Å². The molecule has 0 bridgehead atoms. The molecule has 0 spiro atoms. The summed E-state index contributed by atoms with van der Waals surface area (Å²) < 4.78 is 6.63. The van der Waals surface area contributed by atoms with Crippen molar-refractivity contribution in [3.05, 3.63) is 34.3 Å². The third kappa shape index (κ3) is 1.90. The molecule has 0 amide bonds. The molecule has 1 saturated heterocycles. The fourth-order valence-electron chi connectivity index (χ4n) is 2.50. The lowest BCUT2D eigenvalue weighted by atomic mass is 9.83. The minimum absolute atomic E-state index is 0.184. The lowest BCUT2D eigenvalue weighted by Crippen LogP contribution is -2.41. The van der Waals surface area contributed by atoms with E-state index in [0.717, 1.165) is 24.1 Å². The van der Waals surface area contributed by atoms with Gasteiger partial charge in [-0.1, -0.05) is 39.8 Å². The van der Waals surface area contributed by atoms with E-state index >= 15 is 0 Å². The van der Waals surface area contributed by atoms with E-state index in [1.165, 1.54) is 5.56 Å². The van der Waals surface area contributed by atoms with E-state index in [0.29, 0.717) is 10.4 Å². The van der Waals surface area contributed by atoms with Crippen LogP contribution in [0, 0.1) is 0 Å². The second-order valence-corrected chi connectivity index (χ2v) is 6.45. The molecule has 2 atom stereocenters. The maximum Gasteiger partial charge on any atom is 0.155 e. The molecule has 1 aromatic rings. The number of nitrogens with zero attached hydrogens (tertiary/aromatic N) is 1. The van der Waals surface area contributed by atoms with Crippen molar-refractivity contribution >= 4 is 32.9 Å². The number of halogens is 1. The van der Waals surface area contributed by atoms with Gasteiger partial charge >= 0.3 is 0 Å². The number of hydrogen-bond acceptors (Lipinski definition) is 4. The molecule has 0 unspecified atom stereocenters.